The zero-order valence-corrected chi connectivity index (χ0v) is 20.2. The Morgan fingerprint density at radius 2 is 1.83 bits per heavy atom. The lowest BCUT2D eigenvalue weighted by atomic mass is 10.1. The van der Waals surface area contributed by atoms with Crippen molar-refractivity contribution >= 4 is 45.6 Å². The number of hydrogen-bond donors (Lipinski definition) is 2. The third-order valence-electron chi connectivity index (χ3n) is 4.85. The van der Waals surface area contributed by atoms with E-state index in [1.807, 2.05) is 42.5 Å². The summed E-state index contributed by atoms with van der Waals surface area (Å²) >= 11 is 0. The van der Waals surface area contributed by atoms with Crippen LogP contribution in [0.5, 0.6) is 0 Å². The number of guanidine groups is 1. The average molecular weight is 544 g/mol. The lowest BCUT2D eigenvalue weighted by molar-refractivity contribution is 0.0729. The first kappa shape index (κ1) is 24.6. The Hall–Kier alpha value is -1.69. The summed E-state index contributed by atoms with van der Waals surface area (Å²) in [4.78, 5) is 4.40. The number of nitrogens with one attached hydrogen (secondary N) is 1. The predicted octanol–water partition coefficient (Wildman–Crippen LogP) is 2.96. The normalized spacial score (nSPS) is 15.4. The van der Waals surface area contributed by atoms with Crippen molar-refractivity contribution in [2.75, 3.05) is 31.6 Å². The van der Waals surface area contributed by atoms with Crippen LogP contribution in [0, 0.1) is 0 Å². The molecule has 0 saturated carbocycles. The van der Waals surface area contributed by atoms with E-state index in [2.05, 4.69) is 23.3 Å². The van der Waals surface area contributed by atoms with Gasteiger partial charge in [0.15, 0.2) is 5.96 Å². The molecule has 9 heteroatoms. The van der Waals surface area contributed by atoms with E-state index >= 15 is 0 Å². The van der Waals surface area contributed by atoms with Crippen molar-refractivity contribution in [3.8, 4) is 0 Å². The van der Waals surface area contributed by atoms with Crippen molar-refractivity contribution in [2.45, 2.75) is 25.6 Å². The zero-order valence-electron chi connectivity index (χ0n) is 17.1. The molecule has 0 radical (unpaired) electrons. The second-order valence-electron chi connectivity index (χ2n) is 6.92. The monoisotopic (exact) mass is 544 g/mol. The van der Waals surface area contributed by atoms with Gasteiger partial charge in [-0.3, -0.25) is 0 Å². The molecule has 1 heterocycles. The fourth-order valence-electron chi connectivity index (χ4n) is 3.19. The van der Waals surface area contributed by atoms with Gasteiger partial charge in [-0.05, 0) is 35.2 Å². The Morgan fingerprint density at radius 1 is 1.13 bits per heavy atom. The molecule has 3 rings (SSSR count). The van der Waals surface area contributed by atoms with Crippen LogP contribution in [0.2, 0.25) is 0 Å². The topological polar surface area (TPSA) is 97.0 Å². The van der Waals surface area contributed by atoms with Crippen molar-refractivity contribution in [2.24, 2.45) is 10.7 Å². The molecule has 1 fully saturated rings. The number of sulfonamides is 1. The number of nitrogens with zero attached hydrogens (tertiary/aromatic N) is 2. The Morgan fingerprint density at radius 3 is 2.53 bits per heavy atom. The van der Waals surface area contributed by atoms with Gasteiger partial charge in [0.05, 0.1) is 25.5 Å². The lowest BCUT2D eigenvalue weighted by Crippen LogP contribution is -2.41. The van der Waals surface area contributed by atoms with Gasteiger partial charge in [-0.25, -0.2) is 13.4 Å². The van der Waals surface area contributed by atoms with Gasteiger partial charge < -0.3 is 15.8 Å². The van der Waals surface area contributed by atoms with E-state index in [1.165, 1.54) is 9.87 Å². The first-order valence-electron chi connectivity index (χ1n) is 9.76. The third kappa shape index (κ3) is 6.93. The Labute approximate surface area is 195 Å². The molecule has 0 aromatic heterocycles. The fourth-order valence-corrected chi connectivity index (χ4v) is 4.75. The highest BCUT2D eigenvalue weighted by molar-refractivity contribution is 14.0. The van der Waals surface area contributed by atoms with Crippen LogP contribution in [0.1, 0.15) is 23.6 Å². The van der Waals surface area contributed by atoms with Gasteiger partial charge in [0.25, 0.3) is 0 Å². The average Bonchev–Trinajstić information content (AvgIpc) is 2.73. The summed E-state index contributed by atoms with van der Waals surface area (Å²) in [6.07, 6.45) is 0.942. The highest BCUT2D eigenvalue weighted by Gasteiger charge is 2.25. The summed E-state index contributed by atoms with van der Waals surface area (Å²) in [5, 5.41) is 3.09. The van der Waals surface area contributed by atoms with Crippen LogP contribution in [-0.2, 0) is 33.5 Å². The summed E-state index contributed by atoms with van der Waals surface area (Å²) in [5.74, 6) is 0.244. The maximum Gasteiger partial charge on any atom is 0.218 e. The fraction of sp³-hybridized carbons (Fsp3) is 0.381. The van der Waals surface area contributed by atoms with E-state index in [4.69, 9.17) is 10.5 Å². The Balaban J connectivity index is 0.00000320. The molecule has 1 saturated heterocycles. The molecule has 0 bridgehead atoms. The standard InChI is InChI=1S/C21H28N4O3S.HI/c1-2-17-6-5-9-20(14-17)24-21(22)23-15-18-7-3-4-8-19(18)16-29(26,27)25-10-12-28-13-11-25;/h3-9,14H,2,10-13,15-16H2,1H3,(H3,22,23,24);1H. The highest BCUT2D eigenvalue weighted by atomic mass is 127. The third-order valence-corrected chi connectivity index (χ3v) is 6.67. The van der Waals surface area contributed by atoms with E-state index in [0.29, 0.717) is 38.8 Å². The smallest absolute Gasteiger partial charge is 0.218 e. The quantitative estimate of drug-likeness (QED) is 0.318. The van der Waals surface area contributed by atoms with Gasteiger partial charge in [0.1, 0.15) is 0 Å². The molecule has 164 valence electrons. The maximum atomic E-state index is 12.7. The molecule has 0 unspecified atom stereocenters. The summed E-state index contributed by atoms with van der Waals surface area (Å²) in [7, 11) is -3.40. The predicted molar refractivity (Wildman–Crippen MR) is 132 cm³/mol. The molecular weight excluding hydrogens is 515 g/mol. The number of aliphatic imine (C=N–C) groups is 1. The number of nitrogens with two attached hydrogens (primary N) is 1. The van der Waals surface area contributed by atoms with Crippen molar-refractivity contribution in [1.82, 2.24) is 4.31 Å². The van der Waals surface area contributed by atoms with Crippen molar-refractivity contribution in [3.05, 3.63) is 65.2 Å². The van der Waals surface area contributed by atoms with Gasteiger partial charge in [-0.2, -0.15) is 4.31 Å². The minimum Gasteiger partial charge on any atom is -0.379 e. The van der Waals surface area contributed by atoms with Gasteiger partial charge in [0, 0.05) is 18.8 Å². The van der Waals surface area contributed by atoms with Crippen LogP contribution >= 0.6 is 24.0 Å². The minimum absolute atomic E-state index is 0. The molecule has 1 aliphatic heterocycles. The van der Waals surface area contributed by atoms with Crippen LogP contribution in [0.4, 0.5) is 5.69 Å². The zero-order chi connectivity index (χ0) is 20.7. The largest absolute Gasteiger partial charge is 0.379 e. The highest BCUT2D eigenvalue weighted by Crippen LogP contribution is 2.17. The van der Waals surface area contributed by atoms with Crippen LogP contribution in [0.3, 0.4) is 0 Å². The Kier molecular flexibility index (Phi) is 9.53. The van der Waals surface area contributed by atoms with Crippen LogP contribution in [0.25, 0.3) is 0 Å². The number of anilines is 1. The van der Waals surface area contributed by atoms with E-state index in [0.717, 1.165) is 23.2 Å². The molecule has 2 aromatic rings. The summed E-state index contributed by atoms with van der Waals surface area (Å²) in [5.41, 5.74) is 9.71. The number of benzene rings is 2. The first-order chi connectivity index (χ1) is 14.0. The van der Waals surface area contributed by atoms with Crippen molar-refractivity contribution < 1.29 is 13.2 Å². The number of hydrogen-bond acceptors (Lipinski definition) is 4. The van der Waals surface area contributed by atoms with Crippen LogP contribution < -0.4 is 11.1 Å². The number of morpholine rings is 1. The second-order valence-corrected chi connectivity index (χ2v) is 8.89. The molecule has 3 N–H and O–H groups in total. The Bertz CT molecular complexity index is 960. The summed E-state index contributed by atoms with van der Waals surface area (Å²) in [6, 6.07) is 15.4. The van der Waals surface area contributed by atoms with E-state index in [9.17, 15) is 8.42 Å². The number of halogens is 1. The SMILES string of the molecule is CCc1cccc(NC(N)=NCc2ccccc2CS(=O)(=O)N2CCOCC2)c1.I. The van der Waals surface area contributed by atoms with Gasteiger partial charge in [-0.1, -0.05) is 43.3 Å². The lowest BCUT2D eigenvalue weighted by Gasteiger charge is -2.26. The number of aryl methyl sites for hydroxylation is 1. The van der Waals surface area contributed by atoms with Crippen molar-refractivity contribution in [1.29, 1.82) is 0 Å². The van der Waals surface area contributed by atoms with Crippen molar-refractivity contribution in [3.63, 3.8) is 0 Å². The molecule has 0 amide bonds. The minimum atomic E-state index is -3.40. The molecule has 1 aliphatic rings. The number of rotatable bonds is 7. The first-order valence-corrected chi connectivity index (χ1v) is 11.4. The van der Waals surface area contributed by atoms with Crippen LogP contribution in [-0.4, -0.2) is 45.0 Å². The maximum absolute atomic E-state index is 12.7. The van der Waals surface area contributed by atoms with E-state index in [1.54, 1.807) is 0 Å². The summed E-state index contributed by atoms with van der Waals surface area (Å²) in [6.45, 7) is 4.07. The number of ether oxygens (including phenoxy) is 1. The molecule has 30 heavy (non-hydrogen) atoms. The van der Waals surface area contributed by atoms with Gasteiger partial charge in [-0.15, -0.1) is 24.0 Å². The molecular formula is C21H29IN4O3S. The van der Waals surface area contributed by atoms with Gasteiger partial charge >= 0.3 is 0 Å². The molecule has 0 atom stereocenters. The molecule has 0 spiro atoms. The second kappa shape index (κ2) is 11.6. The van der Waals surface area contributed by atoms with E-state index in [-0.39, 0.29) is 29.7 Å². The van der Waals surface area contributed by atoms with E-state index < -0.39 is 10.0 Å². The van der Waals surface area contributed by atoms with Gasteiger partial charge in [0.2, 0.25) is 10.0 Å². The van der Waals surface area contributed by atoms with Crippen LogP contribution in [0.15, 0.2) is 53.5 Å². The molecule has 2 aromatic carbocycles. The molecule has 7 nitrogen and oxygen atoms in total. The molecule has 0 aliphatic carbocycles. The summed E-state index contributed by atoms with van der Waals surface area (Å²) < 4.78 is 32.2.